The van der Waals surface area contributed by atoms with Crippen LogP contribution in [0, 0.1) is 17.7 Å². The van der Waals surface area contributed by atoms with Crippen LogP contribution < -0.4 is 30.9 Å². The second-order valence-corrected chi connectivity index (χ2v) is 22.1. The zero-order valence-electron chi connectivity index (χ0n) is 39.3. The molecule has 3 saturated heterocycles. The topological polar surface area (TPSA) is 152 Å². The Kier molecular flexibility index (Phi) is 16.0. The van der Waals surface area contributed by atoms with Gasteiger partial charge in [0.05, 0.1) is 30.2 Å². The molecule has 3 amide bonds. The average Bonchev–Trinajstić information content (AvgIpc) is 3.68. The molecule has 1 atom stereocenters. The number of halogens is 2. The number of nitrogens with one attached hydrogen (secondary N) is 3. The number of unbranched alkanes of at least 4 members (excludes halogenated alkanes) is 6. The smallest absolute Gasteiger partial charge is 0.258 e. The monoisotopic (exact) mass is 965 g/mol. The number of amides is 3. The molecule has 68 heavy (non-hydrogen) atoms. The third kappa shape index (κ3) is 11.8. The molecule has 1 unspecified atom stereocenters. The lowest BCUT2D eigenvalue weighted by atomic mass is 10.0. The number of aromatic nitrogens is 2. The molecule has 4 aliphatic heterocycles. The number of imide groups is 1. The number of methoxy groups -OCH3 is 1. The molecule has 0 saturated carbocycles. The maximum absolute atomic E-state index is 14.7. The van der Waals surface area contributed by atoms with Crippen molar-refractivity contribution >= 4 is 70.6 Å². The standard InChI is InChI=1S/C51H62ClFN9O5P/c1-67-44-32-37(18-20-41(44)56-51-54-33-39(52)48(58-51)55-42-15-11-12-16-45(42)68(2,3)66)60-26-23-36(24-27-60)61-30-28-59(29-31-61)25-13-9-7-5-4-6-8-10-14-35-17-19-40(53)47-38(35)34-62(50(47)65)43-21-22-46(63)57-49(43)64/h11-12,15-20,32-33,36,43H,4-9,13,21-31,34H2,1-3H3,(H,57,63,64)(H2,54,55,56,58). The van der Waals surface area contributed by atoms with Crippen molar-refractivity contribution in [1.29, 1.82) is 0 Å². The van der Waals surface area contributed by atoms with Crippen molar-refractivity contribution in [1.82, 2.24) is 30.0 Å². The molecule has 5 heterocycles. The summed E-state index contributed by atoms with van der Waals surface area (Å²) >= 11 is 6.49. The van der Waals surface area contributed by atoms with Crippen LogP contribution in [0.15, 0.2) is 60.8 Å². The van der Waals surface area contributed by atoms with Crippen LogP contribution in [0.1, 0.15) is 92.1 Å². The number of ether oxygens (including phenoxy) is 1. The lowest BCUT2D eigenvalue weighted by molar-refractivity contribution is -0.136. The molecule has 4 aromatic rings. The van der Waals surface area contributed by atoms with E-state index in [-0.39, 0.29) is 30.9 Å². The van der Waals surface area contributed by atoms with Crippen molar-refractivity contribution in [2.75, 3.05) is 81.8 Å². The van der Waals surface area contributed by atoms with Gasteiger partial charge in [-0.2, -0.15) is 4.98 Å². The van der Waals surface area contributed by atoms with Gasteiger partial charge in [-0.25, -0.2) is 9.37 Å². The minimum atomic E-state index is -2.55. The van der Waals surface area contributed by atoms with E-state index in [0.29, 0.717) is 45.4 Å². The number of piperazine rings is 1. The molecule has 0 bridgehead atoms. The fourth-order valence-electron chi connectivity index (χ4n) is 9.80. The van der Waals surface area contributed by atoms with Crippen LogP contribution in [-0.4, -0.2) is 121 Å². The largest absolute Gasteiger partial charge is 0.494 e. The number of carbonyl (C=O) groups excluding carboxylic acids is 3. The Bertz CT molecular complexity index is 2600. The molecule has 0 spiro atoms. The van der Waals surface area contributed by atoms with E-state index in [2.05, 4.69) is 64.6 Å². The molecule has 17 heteroatoms. The first-order valence-corrected chi connectivity index (χ1v) is 26.9. The zero-order valence-corrected chi connectivity index (χ0v) is 40.9. The number of carbonyl (C=O) groups is 3. The van der Waals surface area contributed by atoms with Crippen LogP contribution in [-0.2, 0) is 20.7 Å². The first-order chi connectivity index (χ1) is 32.9. The fraction of sp³-hybridized carbons (Fsp3) is 0.471. The summed E-state index contributed by atoms with van der Waals surface area (Å²) in [7, 11) is -0.883. The van der Waals surface area contributed by atoms with Crippen LogP contribution in [0.5, 0.6) is 5.75 Å². The summed E-state index contributed by atoms with van der Waals surface area (Å²) in [6.07, 6.45) is 11.8. The summed E-state index contributed by atoms with van der Waals surface area (Å²) in [6, 6.07) is 16.3. The van der Waals surface area contributed by atoms with Gasteiger partial charge in [0.1, 0.15) is 29.8 Å². The van der Waals surface area contributed by atoms with E-state index >= 15 is 0 Å². The summed E-state index contributed by atoms with van der Waals surface area (Å²) in [4.78, 5) is 55.3. The second-order valence-electron chi connectivity index (χ2n) is 18.5. The number of rotatable bonds is 17. The van der Waals surface area contributed by atoms with E-state index in [1.165, 1.54) is 42.8 Å². The number of para-hydroxylation sites is 1. The normalized spacial score (nSPS) is 18.2. The molecule has 8 rings (SSSR count). The Hall–Kier alpha value is -5.52. The van der Waals surface area contributed by atoms with Crippen molar-refractivity contribution in [3.05, 3.63) is 88.3 Å². The minimum Gasteiger partial charge on any atom is -0.494 e. The summed E-state index contributed by atoms with van der Waals surface area (Å²) in [5, 5.41) is 9.91. The molecule has 0 radical (unpaired) electrons. The van der Waals surface area contributed by atoms with Crippen LogP contribution >= 0.6 is 18.7 Å². The summed E-state index contributed by atoms with van der Waals surface area (Å²) in [6.45, 7) is 11.2. The van der Waals surface area contributed by atoms with Gasteiger partial charge in [0.15, 0.2) is 5.82 Å². The Balaban J connectivity index is 0.708. The van der Waals surface area contributed by atoms with E-state index in [9.17, 15) is 23.3 Å². The Morgan fingerprint density at radius 2 is 1.65 bits per heavy atom. The van der Waals surface area contributed by atoms with Crippen molar-refractivity contribution in [3.8, 4) is 17.6 Å². The number of nitrogens with zero attached hydrogens (tertiary/aromatic N) is 6. The predicted molar refractivity (Wildman–Crippen MR) is 267 cm³/mol. The molecule has 360 valence electrons. The molecular formula is C51H62ClFN9O5P. The lowest BCUT2D eigenvalue weighted by Crippen LogP contribution is -2.53. The third-order valence-electron chi connectivity index (χ3n) is 13.6. The zero-order chi connectivity index (χ0) is 47.8. The highest BCUT2D eigenvalue weighted by Gasteiger charge is 2.41. The van der Waals surface area contributed by atoms with Gasteiger partial charge in [0.25, 0.3) is 5.91 Å². The number of fused-ring (bicyclic) bond motifs is 1. The maximum Gasteiger partial charge on any atom is 0.258 e. The summed E-state index contributed by atoms with van der Waals surface area (Å²) < 4.78 is 33.5. The Labute approximate surface area is 404 Å². The maximum atomic E-state index is 14.7. The number of anilines is 5. The second kappa shape index (κ2) is 22.3. The Morgan fingerprint density at radius 3 is 2.40 bits per heavy atom. The quantitative estimate of drug-likeness (QED) is 0.0406. The molecule has 0 aliphatic carbocycles. The molecule has 4 aliphatic rings. The first-order valence-electron chi connectivity index (χ1n) is 23.9. The van der Waals surface area contributed by atoms with Crippen molar-refractivity contribution in [2.24, 2.45) is 0 Å². The molecule has 3 N–H and O–H groups in total. The number of hydrogen-bond donors (Lipinski definition) is 3. The van der Waals surface area contributed by atoms with E-state index in [1.54, 1.807) is 26.5 Å². The van der Waals surface area contributed by atoms with E-state index in [0.717, 1.165) is 94.6 Å². The van der Waals surface area contributed by atoms with Crippen LogP contribution in [0.2, 0.25) is 5.02 Å². The number of benzene rings is 3. The van der Waals surface area contributed by atoms with Gasteiger partial charge >= 0.3 is 0 Å². The highest BCUT2D eigenvalue weighted by Crippen LogP contribution is 2.39. The van der Waals surface area contributed by atoms with Gasteiger partial charge in [-0.1, -0.05) is 61.3 Å². The molecular weight excluding hydrogens is 904 g/mol. The van der Waals surface area contributed by atoms with Crippen LogP contribution in [0.3, 0.4) is 0 Å². The van der Waals surface area contributed by atoms with E-state index < -0.39 is 30.8 Å². The van der Waals surface area contributed by atoms with Gasteiger partial charge in [0.2, 0.25) is 17.8 Å². The number of piperidine rings is 2. The highest BCUT2D eigenvalue weighted by molar-refractivity contribution is 7.70. The van der Waals surface area contributed by atoms with Gasteiger partial charge < -0.3 is 34.6 Å². The van der Waals surface area contributed by atoms with E-state index in [4.69, 9.17) is 16.3 Å². The average molecular weight is 967 g/mol. The van der Waals surface area contributed by atoms with Gasteiger partial charge in [0, 0.05) is 92.9 Å². The van der Waals surface area contributed by atoms with Gasteiger partial charge in [-0.15, -0.1) is 0 Å². The predicted octanol–water partition coefficient (Wildman–Crippen LogP) is 8.14. The van der Waals surface area contributed by atoms with Crippen molar-refractivity contribution in [2.45, 2.75) is 89.3 Å². The van der Waals surface area contributed by atoms with E-state index in [1.807, 2.05) is 30.3 Å². The third-order valence-corrected chi connectivity index (χ3v) is 15.4. The lowest BCUT2D eigenvalue weighted by Gasteiger charge is -2.43. The summed E-state index contributed by atoms with van der Waals surface area (Å²) in [5.74, 6) is 5.83. The van der Waals surface area contributed by atoms with Gasteiger partial charge in [-0.3, -0.25) is 24.6 Å². The summed E-state index contributed by atoms with van der Waals surface area (Å²) in [5.41, 5.74) is 3.68. The molecule has 3 aromatic carbocycles. The fourth-order valence-corrected chi connectivity index (χ4v) is 11.1. The molecule has 1 aromatic heterocycles. The molecule has 14 nitrogen and oxygen atoms in total. The van der Waals surface area contributed by atoms with Crippen molar-refractivity contribution < 1.29 is 28.1 Å². The molecule has 3 fully saturated rings. The first kappa shape index (κ1) is 48.9. The SMILES string of the molecule is COc1cc(N2CCC(N3CCN(CCCCCCCCC#Cc4ccc(F)c5c4CN(C4CCC(=O)NC4=O)C5=O)CC3)CC2)ccc1Nc1ncc(Cl)c(Nc2ccccc2P(C)(C)=O)n1. The van der Waals surface area contributed by atoms with Crippen LogP contribution in [0.4, 0.5) is 33.2 Å². The Morgan fingerprint density at radius 1 is 0.897 bits per heavy atom. The van der Waals surface area contributed by atoms with Crippen LogP contribution in [0.25, 0.3) is 0 Å². The van der Waals surface area contributed by atoms with Crippen molar-refractivity contribution in [3.63, 3.8) is 0 Å². The van der Waals surface area contributed by atoms with Gasteiger partial charge in [-0.05, 0) is 88.4 Å². The number of hydrogen-bond acceptors (Lipinski definition) is 12. The minimum absolute atomic E-state index is 0.0135. The highest BCUT2D eigenvalue weighted by atomic mass is 35.5.